The van der Waals surface area contributed by atoms with Gasteiger partial charge in [-0.05, 0) is 0 Å². The summed E-state index contributed by atoms with van der Waals surface area (Å²) in [5.74, 6) is -6.95. The second-order valence-electron chi connectivity index (χ2n) is 9.40. The Kier molecular flexibility index (Phi) is 7.43. The van der Waals surface area contributed by atoms with Gasteiger partial charge in [-0.25, -0.2) is 0 Å². The van der Waals surface area contributed by atoms with Crippen molar-refractivity contribution in [3.8, 4) is 0 Å². The van der Waals surface area contributed by atoms with E-state index < -0.39 is 63.3 Å². The third-order valence-corrected chi connectivity index (χ3v) is 19.0. The summed E-state index contributed by atoms with van der Waals surface area (Å²) in [6, 6.07) is 11.8. The number of amides is 1. The maximum atomic E-state index is 14.9. The second kappa shape index (κ2) is 9.86. The van der Waals surface area contributed by atoms with E-state index in [9.17, 15) is 39.9 Å². The first kappa shape index (κ1) is 30.1. The number of alkyl halides is 9. The van der Waals surface area contributed by atoms with Gasteiger partial charge < -0.3 is 0 Å². The number of halogens is 10. The molecule has 1 spiro atoms. The van der Waals surface area contributed by atoms with E-state index in [1.54, 1.807) is 6.07 Å². The number of nitrogens with zero attached hydrogens (tertiary/aromatic N) is 1. The minimum absolute atomic E-state index is 0.0108. The van der Waals surface area contributed by atoms with Crippen LogP contribution in [-0.4, -0.2) is 59.1 Å². The van der Waals surface area contributed by atoms with Crippen LogP contribution in [0.5, 0.6) is 0 Å². The molecule has 2 saturated heterocycles. The summed E-state index contributed by atoms with van der Waals surface area (Å²) in [5.41, 5.74) is -0.448. The predicted octanol–water partition coefficient (Wildman–Crippen LogP) is 7.38. The van der Waals surface area contributed by atoms with Gasteiger partial charge in [-0.1, -0.05) is 0 Å². The first-order chi connectivity index (χ1) is 18.6. The molecule has 17 heteroatoms. The van der Waals surface area contributed by atoms with Crippen molar-refractivity contribution in [1.29, 1.82) is 0 Å². The van der Waals surface area contributed by atoms with Crippen LogP contribution in [0, 0.1) is 0 Å². The molecule has 0 aliphatic carbocycles. The molecule has 0 saturated carbocycles. The normalized spacial score (nSPS) is 28.7. The predicted molar refractivity (Wildman–Crippen MR) is 135 cm³/mol. The molecule has 40 heavy (non-hydrogen) atoms. The molecule has 2 aromatic rings. The van der Waals surface area contributed by atoms with Crippen LogP contribution in [0.1, 0.15) is 22.3 Å². The van der Waals surface area contributed by atoms with Gasteiger partial charge in [-0.3, -0.25) is 0 Å². The van der Waals surface area contributed by atoms with E-state index in [4.69, 9.17) is 32.2 Å². The Balaban J connectivity index is 1.81. The fourth-order valence-electron chi connectivity index (χ4n) is 5.27. The number of fused-ring (bicyclic) bond motifs is 2. The minimum atomic E-state index is -6.42. The second-order valence-corrected chi connectivity index (χ2v) is 18.5. The van der Waals surface area contributed by atoms with E-state index in [-0.39, 0.29) is 40.3 Å². The number of benzene rings is 2. The number of carbonyl (C=O) groups is 1. The van der Waals surface area contributed by atoms with Crippen molar-refractivity contribution < 1.29 is 49.0 Å². The summed E-state index contributed by atoms with van der Waals surface area (Å²) in [6.45, 7) is -0.787. The molecule has 5 rings (SSSR count). The monoisotopic (exact) mass is 656 g/mol. The summed E-state index contributed by atoms with van der Waals surface area (Å²) in [5, 5.41) is 2.97. The molecule has 0 bridgehead atoms. The van der Waals surface area contributed by atoms with Crippen molar-refractivity contribution in [2.75, 3.05) is 12.4 Å². The number of rotatable bonds is 5. The molecular weight excluding hydrogens is 637 g/mol. The fourth-order valence-corrected chi connectivity index (χ4v) is 19.5. The zero-order valence-electron chi connectivity index (χ0n) is 20.0. The Morgan fingerprint density at radius 3 is 2.23 bits per heavy atom. The van der Waals surface area contributed by atoms with Crippen LogP contribution in [0.4, 0.5) is 35.1 Å². The Hall–Kier alpha value is -1.33. The van der Waals surface area contributed by atoms with E-state index in [0.29, 0.717) is 0 Å². The summed E-state index contributed by atoms with van der Waals surface area (Å²) in [6.07, 6.45) is -19.5. The Bertz CT molecular complexity index is 1340. The third kappa shape index (κ3) is 4.34. The molecule has 1 amide bonds. The first-order valence-electron chi connectivity index (χ1n) is 11.7. The van der Waals surface area contributed by atoms with Crippen molar-refractivity contribution in [2.45, 2.75) is 49.1 Å². The molecule has 3 aliphatic rings. The zero-order valence-corrected chi connectivity index (χ0v) is 23.3. The van der Waals surface area contributed by atoms with E-state index in [0.717, 1.165) is 4.67 Å². The van der Waals surface area contributed by atoms with Crippen molar-refractivity contribution >= 4 is 49.1 Å². The topological polar surface area (TPSA) is 50.8 Å². The van der Waals surface area contributed by atoms with Crippen LogP contribution >= 0.6 is 37.9 Å². The van der Waals surface area contributed by atoms with Crippen molar-refractivity contribution in [1.82, 2.24) is 9.76 Å². The Morgan fingerprint density at radius 2 is 1.60 bits per heavy atom. The van der Waals surface area contributed by atoms with Gasteiger partial charge in [-0.2, -0.15) is 0 Å². The van der Waals surface area contributed by atoms with Crippen LogP contribution in [-0.2, 0) is 15.6 Å². The van der Waals surface area contributed by atoms with Crippen molar-refractivity contribution in [3.63, 3.8) is 0 Å². The van der Waals surface area contributed by atoms with E-state index in [2.05, 4.69) is 5.09 Å². The van der Waals surface area contributed by atoms with Crippen LogP contribution in [0.2, 0.25) is 5.02 Å². The molecule has 1 N–H and O–H groups in total. The van der Waals surface area contributed by atoms with Crippen LogP contribution in [0.25, 0.3) is 0 Å². The maximum absolute atomic E-state index is 14.9. The molecule has 0 aromatic heterocycles. The van der Waals surface area contributed by atoms with Gasteiger partial charge in [-0.15, -0.1) is 0 Å². The van der Waals surface area contributed by atoms with Crippen LogP contribution in [0.3, 0.4) is 0 Å². The van der Waals surface area contributed by atoms with Gasteiger partial charge in [0.1, 0.15) is 0 Å². The zero-order chi connectivity index (χ0) is 29.3. The molecule has 4 atom stereocenters. The van der Waals surface area contributed by atoms with Crippen LogP contribution in [0.15, 0.2) is 48.5 Å². The molecule has 5 nitrogen and oxygen atoms in total. The molecule has 220 valence electrons. The Morgan fingerprint density at radius 1 is 0.975 bits per heavy atom. The van der Waals surface area contributed by atoms with Crippen molar-refractivity contribution in [2.24, 2.45) is 0 Å². The van der Waals surface area contributed by atoms with Gasteiger partial charge in [0, 0.05) is 0 Å². The fraction of sp³-hybridized carbons (Fsp3) is 0.435. The SMILES string of the molecule is O=C1c2ccccc2P2C(CCCl)CNP23(OC(C(F)(F)F)C(C(F)(F)C(F)(F)F)O3)N1Cc1ccccc1Cl. The summed E-state index contributed by atoms with van der Waals surface area (Å²) in [4.78, 5) is 14.0. The molecule has 4 unspecified atom stereocenters. The van der Waals surface area contributed by atoms with Gasteiger partial charge in [0.15, 0.2) is 0 Å². The first-order valence-corrected chi connectivity index (χ1v) is 16.8. The molecule has 3 aliphatic heterocycles. The summed E-state index contributed by atoms with van der Waals surface area (Å²) < 4.78 is 125. The van der Waals surface area contributed by atoms with E-state index in [1.165, 1.54) is 42.5 Å². The number of nitrogens with one attached hydrogen (secondary N) is 1. The quantitative estimate of drug-likeness (QED) is 0.207. The number of hydrogen-bond acceptors (Lipinski definition) is 4. The van der Waals surface area contributed by atoms with Crippen molar-refractivity contribution in [3.05, 3.63) is 64.7 Å². The third-order valence-electron chi connectivity index (χ3n) is 7.03. The van der Waals surface area contributed by atoms with Gasteiger partial charge >= 0.3 is 234 Å². The number of carbonyl (C=O) groups excluding carboxylic acids is 1. The van der Waals surface area contributed by atoms with Crippen LogP contribution < -0.4 is 10.4 Å². The average Bonchev–Trinajstić information content (AvgIpc) is 3.40. The summed E-state index contributed by atoms with van der Waals surface area (Å²) >= 11 is 12.3. The average molecular weight is 657 g/mol. The molecule has 0 radical (unpaired) electrons. The Labute approximate surface area is 233 Å². The molecule has 3 heterocycles. The summed E-state index contributed by atoms with van der Waals surface area (Å²) in [7, 11) is -8.07. The van der Waals surface area contributed by atoms with Gasteiger partial charge in [0.05, 0.1) is 0 Å². The standard InChI is InChI=1S/C23H20Cl2F8N2O3P2/c24-10-9-14-11-34-40(37-18(19(38-40)22(28,29)30)21(26,27)23(31,32)33)35(12-13-5-1-3-7-16(13)25)20(36)15-6-2-4-8-17(15)39(14)40/h1-8,14,18-19,34H,9-12H2. The van der Waals surface area contributed by atoms with E-state index >= 15 is 0 Å². The molecule has 2 aromatic carbocycles. The van der Waals surface area contributed by atoms with E-state index in [1.807, 2.05) is 0 Å². The molecule has 2 fully saturated rings. The molecular formula is C23H20Cl2F8N2O3P2. The number of hydrogen-bond donors (Lipinski definition) is 1. The van der Waals surface area contributed by atoms with Gasteiger partial charge in [0.25, 0.3) is 0 Å². The van der Waals surface area contributed by atoms with Gasteiger partial charge in [0.2, 0.25) is 0 Å².